The number of rotatable bonds is 5. The van der Waals surface area contributed by atoms with E-state index in [-0.39, 0.29) is 18.6 Å². The predicted molar refractivity (Wildman–Crippen MR) is 68.8 cm³/mol. The Morgan fingerprint density at radius 2 is 2.47 bits per heavy atom. The Morgan fingerprint density at radius 1 is 1.59 bits per heavy atom. The SMILES string of the molecule is O=C(NC(CCO)c1cccs1)C1=CCCC1. The highest BCUT2D eigenvalue weighted by atomic mass is 32.1. The first kappa shape index (κ1) is 12.3. The number of carbonyl (C=O) groups excluding carboxylic acids is 1. The maximum Gasteiger partial charge on any atom is 0.247 e. The van der Waals surface area contributed by atoms with Crippen LogP contribution in [-0.2, 0) is 4.79 Å². The van der Waals surface area contributed by atoms with E-state index >= 15 is 0 Å². The van der Waals surface area contributed by atoms with Crippen LogP contribution in [0.4, 0.5) is 0 Å². The monoisotopic (exact) mass is 251 g/mol. The molecule has 0 spiro atoms. The molecule has 92 valence electrons. The lowest BCUT2D eigenvalue weighted by molar-refractivity contribution is -0.118. The largest absolute Gasteiger partial charge is 0.396 e. The smallest absolute Gasteiger partial charge is 0.247 e. The number of thiophene rings is 1. The molecule has 1 aromatic heterocycles. The van der Waals surface area contributed by atoms with Gasteiger partial charge in [0.15, 0.2) is 0 Å². The van der Waals surface area contributed by atoms with Gasteiger partial charge in [0.1, 0.15) is 0 Å². The van der Waals surface area contributed by atoms with Crippen molar-refractivity contribution in [1.29, 1.82) is 0 Å². The van der Waals surface area contributed by atoms with Crippen LogP contribution in [-0.4, -0.2) is 17.6 Å². The van der Waals surface area contributed by atoms with Gasteiger partial charge in [0.25, 0.3) is 0 Å². The number of aliphatic hydroxyl groups excluding tert-OH is 1. The third kappa shape index (κ3) is 3.17. The van der Waals surface area contributed by atoms with Gasteiger partial charge in [-0.15, -0.1) is 11.3 Å². The molecule has 2 N–H and O–H groups in total. The highest BCUT2D eigenvalue weighted by molar-refractivity contribution is 7.10. The maximum atomic E-state index is 12.0. The van der Waals surface area contributed by atoms with E-state index in [0.29, 0.717) is 6.42 Å². The molecular weight excluding hydrogens is 234 g/mol. The van der Waals surface area contributed by atoms with Crippen LogP contribution in [0.15, 0.2) is 29.2 Å². The van der Waals surface area contributed by atoms with Gasteiger partial charge in [0.2, 0.25) is 5.91 Å². The summed E-state index contributed by atoms with van der Waals surface area (Å²) in [4.78, 5) is 13.1. The summed E-state index contributed by atoms with van der Waals surface area (Å²) in [5.74, 6) is 0.0225. The van der Waals surface area contributed by atoms with Gasteiger partial charge < -0.3 is 10.4 Å². The van der Waals surface area contributed by atoms with Crippen molar-refractivity contribution >= 4 is 17.2 Å². The molecule has 0 aromatic carbocycles. The second-order valence-electron chi connectivity index (χ2n) is 4.18. The fraction of sp³-hybridized carbons (Fsp3) is 0.462. The molecule has 17 heavy (non-hydrogen) atoms. The summed E-state index contributed by atoms with van der Waals surface area (Å²) in [7, 11) is 0. The molecule has 0 saturated carbocycles. The van der Waals surface area contributed by atoms with Crippen LogP contribution in [0.3, 0.4) is 0 Å². The van der Waals surface area contributed by atoms with Crippen molar-refractivity contribution in [3.05, 3.63) is 34.0 Å². The zero-order valence-corrected chi connectivity index (χ0v) is 10.5. The van der Waals surface area contributed by atoms with Crippen LogP contribution < -0.4 is 5.32 Å². The predicted octanol–water partition coefficient (Wildman–Crippen LogP) is 2.40. The van der Waals surface area contributed by atoms with Gasteiger partial charge in [-0.25, -0.2) is 0 Å². The average molecular weight is 251 g/mol. The summed E-state index contributed by atoms with van der Waals surface area (Å²) in [6, 6.07) is 3.90. The van der Waals surface area contributed by atoms with Gasteiger partial charge in [0.05, 0.1) is 6.04 Å². The van der Waals surface area contributed by atoms with E-state index in [1.807, 2.05) is 23.6 Å². The second kappa shape index (κ2) is 5.98. The molecule has 4 heteroatoms. The summed E-state index contributed by atoms with van der Waals surface area (Å²) >= 11 is 1.61. The zero-order valence-electron chi connectivity index (χ0n) is 9.69. The van der Waals surface area contributed by atoms with E-state index in [1.54, 1.807) is 11.3 Å². The van der Waals surface area contributed by atoms with Gasteiger partial charge in [-0.2, -0.15) is 0 Å². The maximum absolute atomic E-state index is 12.0. The quantitative estimate of drug-likeness (QED) is 0.844. The lowest BCUT2D eigenvalue weighted by atomic mass is 10.1. The van der Waals surface area contributed by atoms with Crippen molar-refractivity contribution in [2.75, 3.05) is 6.61 Å². The lowest BCUT2D eigenvalue weighted by Gasteiger charge is -2.16. The van der Waals surface area contributed by atoms with Crippen molar-refractivity contribution < 1.29 is 9.90 Å². The Bertz CT molecular complexity index is 398. The molecular formula is C13H17NO2S. The average Bonchev–Trinajstić information content (AvgIpc) is 3.01. The number of hydrogen-bond donors (Lipinski definition) is 2. The Balaban J connectivity index is 2.00. The van der Waals surface area contributed by atoms with Gasteiger partial charge >= 0.3 is 0 Å². The van der Waals surface area contributed by atoms with Crippen molar-refractivity contribution in [3.63, 3.8) is 0 Å². The van der Waals surface area contributed by atoms with Crippen molar-refractivity contribution in [2.45, 2.75) is 31.7 Å². The third-order valence-corrected chi connectivity index (χ3v) is 3.93. The van der Waals surface area contributed by atoms with E-state index in [9.17, 15) is 4.79 Å². The first-order chi connectivity index (χ1) is 8.31. The fourth-order valence-corrected chi connectivity index (χ4v) is 2.84. The van der Waals surface area contributed by atoms with Crippen LogP contribution in [0.1, 0.15) is 36.6 Å². The Morgan fingerprint density at radius 3 is 3.06 bits per heavy atom. The van der Waals surface area contributed by atoms with Crippen LogP contribution in [0.25, 0.3) is 0 Å². The van der Waals surface area contributed by atoms with E-state index in [2.05, 4.69) is 5.32 Å². The molecule has 0 bridgehead atoms. The molecule has 3 nitrogen and oxygen atoms in total. The fourth-order valence-electron chi connectivity index (χ4n) is 2.03. The highest BCUT2D eigenvalue weighted by Gasteiger charge is 2.19. The summed E-state index contributed by atoms with van der Waals surface area (Å²) in [6.07, 6.45) is 5.54. The van der Waals surface area contributed by atoms with E-state index < -0.39 is 0 Å². The van der Waals surface area contributed by atoms with E-state index in [0.717, 1.165) is 29.7 Å². The summed E-state index contributed by atoms with van der Waals surface area (Å²) in [6.45, 7) is 0.0852. The molecule has 0 radical (unpaired) electrons. The number of amides is 1. The van der Waals surface area contributed by atoms with Crippen LogP contribution in [0.2, 0.25) is 0 Å². The first-order valence-corrected chi connectivity index (χ1v) is 6.83. The van der Waals surface area contributed by atoms with Gasteiger partial charge in [-0.1, -0.05) is 12.1 Å². The molecule has 2 rings (SSSR count). The minimum atomic E-state index is -0.0611. The Labute approximate surface area is 105 Å². The highest BCUT2D eigenvalue weighted by Crippen LogP contribution is 2.24. The van der Waals surface area contributed by atoms with E-state index in [4.69, 9.17) is 5.11 Å². The molecule has 1 heterocycles. The number of hydrogen-bond acceptors (Lipinski definition) is 3. The summed E-state index contributed by atoms with van der Waals surface area (Å²) in [5, 5.41) is 14.0. The van der Waals surface area contributed by atoms with Crippen LogP contribution in [0.5, 0.6) is 0 Å². The van der Waals surface area contributed by atoms with Gasteiger partial charge in [0, 0.05) is 17.1 Å². The topological polar surface area (TPSA) is 49.3 Å². The van der Waals surface area contributed by atoms with Crippen molar-refractivity contribution in [2.24, 2.45) is 0 Å². The molecule has 0 fully saturated rings. The van der Waals surface area contributed by atoms with Gasteiger partial charge in [-0.05, 0) is 37.1 Å². The molecule has 1 atom stereocenters. The molecule has 1 aliphatic rings. The lowest BCUT2D eigenvalue weighted by Crippen LogP contribution is -2.29. The second-order valence-corrected chi connectivity index (χ2v) is 5.15. The molecule has 1 amide bonds. The van der Waals surface area contributed by atoms with E-state index in [1.165, 1.54) is 0 Å². The van der Waals surface area contributed by atoms with Crippen LogP contribution in [0, 0.1) is 0 Å². The van der Waals surface area contributed by atoms with Crippen molar-refractivity contribution in [3.8, 4) is 0 Å². The molecule has 1 aromatic rings. The van der Waals surface area contributed by atoms with Gasteiger partial charge in [-0.3, -0.25) is 4.79 Å². The minimum Gasteiger partial charge on any atom is -0.396 e. The number of nitrogens with one attached hydrogen (secondary N) is 1. The standard InChI is InChI=1S/C13H17NO2S/c15-8-7-11(12-6-3-9-17-12)14-13(16)10-4-1-2-5-10/h3-4,6,9,11,15H,1-2,5,7-8H2,(H,14,16). The number of allylic oxidation sites excluding steroid dienone is 1. The molecule has 1 unspecified atom stereocenters. The molecule has 1 aliphatic carbocycles. The Hall–Kier alpha value is -1.13. The zero-order chi connectivity index (χ0) is 12.1. The molecule has 0 aliphatic heterocycles. The number of carbonyl (C=O) groups is 1. The molecule has 0 saturated heterocycles. The first-order valence-electron chi connectivity index (χ1n) is 5.95. The third-order valence-electron chi connectivity index (χ3n) is 2.94. The van der Waals surface area contributed by atoms with Crippen molar-refractivity contribution in [1.82, 2.24) is 5.32 Å². The summed E-state index contributed by atoms with van der Waals surface area (Å²) in [5.41, 5.74) is 0.893. The van der Waals surface area contributed by atoms with Crippen LogP contribution >= 0.6 is 11.3 Å². The normalized spacial score (nSPS) is 16.6. The summed E-state index contributed by atoms with van der Waals surface area (Å²) < 4.78 is 0. The Kier molecular flexibility index (Phi) is 4.34. The minimum absolute atomic E-state index is 0.0225. The number of aliphatic hydroxyl groups is 1.